The summed E-state index contributed by atoms with van der Waals surface area (Å²) in [6.07, 6.45) is -13.4. The first kappa shape index (κ1) is 41.7. The molecule has 0 saturated heterocycles. The monoisotopic (exact) mass is 1010 g/mol. The number of halogens is 12. The molecule has 4 aromatic rings. The zero-order valence-corrected chi connectivity index (χ0v) is 26.2. The fraction of sp³-hybridized carbons (Fsp3) is 0.148. The summed E-state index contributed by atoms with van der Waals surface area (Å²) in [5.41, 5.74) is -8.38. The van der Waals surface area contributed by atoms with E-state index in [0.717, 1.165) is 24.3 Å². The van der Waals surface area contributed by atoms with E-state index >= 15 is 0 Å². The van der Waals surface area contributed by atoms with E-state index in [-0.39, 0.29) is 51.3 Å². The molecule has 0 bridgehead atoms. The molecule has 4 rings (SSSR count). The van der Waals surface area contributed by atoms with Gasteiger partial charge in [-0.2, -0.15) is 52.7 Å². The van der Waals surface area contributed by atoms with E-state index < -0.39 is 58.1 Å². The number of aliphatic hydroxyl groups excluding tert-OH is 1. The molecule has 0 saturated carbocycles. The van der Waals surface area contributed by atoms with Crippen molar-refractivity contribution in [1.82, 2.24) is 9.97 Å². The van der Waals surface area contributed by atoms with Gasteiger partial charge in [0.2, 0.25) is 0 Å². The number of benzene rings is 2. The topological polar surface area (TPSA) is 63.1 Å². The van der Waals surface area contributed by atoms with Gasteiger partial charge in [-0.15, -0.1) is 35.4 Å². The second kappa shape index (κ2) is 16.8. The Morgan fingerprint density at radius 3 is 1.07 bits per heavy atom. The Labute approximate surface area is 273 Å². The van der Waals surface area contributed by atoms with Gasteiger partial charge in [0.05, 0.1) is 11.1 Å². The smallest absolute Gasteiger partial charge is 0.665 e. The maximum Gasteiger partial charge on any atom is 3.00 e. The third-order valence-corrected chi connectivity index (χ3v) is 5.10. The van der Waals surface area contributed by atoms with Gasteiger partial charge in [-0.3, -0.25) is 0 Å². The number of pyridine rings is 2. The maximum absolute atomic E-state index is 13.0. The Morgan fingerprint density at radius 2 is 0.844 bits per heavy atom. The van der Waals surface area contributed by atoms with Crippen LogP contribution in [0.3, 0.4) is 0 Å². The number of hydrogen-bond donors (Lipinski definition) is 1. The summed E-state index contributed by atoms with van der Waals surface area (Å²) in [6.45, 7) is 0.500. The number of rotatable bonds is 2. The van der Waals surface area contributed by atoms with Crippen molar-refractivity contribution >= 4 is 6.47 Å². The van der Waals surface area contributed by atoms with Crippen LogP contribution in [-0.2, 0) is 69.7 Å². The second-order valence-electron chi connectivity index (χ2n) is 7.86. The molecular weight excluding hydrogens is 997 g/mol. The summed E-state index contributed by atoms with van der Waals surface area (Å²) in [6, 6.07) is 9.68. The number of alkyl halides is 12. The van der Waals surface area contributed by atoms with Crippen molar-refractivity contribution in [3.8, 4) is 22.3 Å². The fourth-order valence-corrected chi connectivity index (χ4v) is 3.59. The van der Waals surface area contributed by atoms with Crippen LogP contribution in [0.25, 0.3) is 22.3 Å². The first-order valence-corrected chi connectivity index (χ1v) is 11.1. The zero-order valence-electron chi connectivity index (χ0n) is 21.4. The van der Waals surface area contributed by atoms with E-state index in [0.29, 0.717) is 18.6 Å². The number of aromatic nitrogens is 2. The predicted octanol–water partition coefficient (Wildman–Crippen LogP) is 8.78. The molecule has 18 heteroatoms. The standard InChI is InChI=1S/2C13H6F6N.CHO2.2Ir/c2*14-12(15,16)10-5-1-4-9(11(10)13(17,18)19)8-3-2-6-20-7-8;2-1-3;;/h2*1-6H;(H,2,3);;/q3*-1;2*+3. The minimum absolute atomic E-state index is 0. The summed E-state index contributed by atoms with van der Waals surface area (Å²) in [5, 5.41) is 6.76. The minimum Gasteiger partial charge on any atom is -0.665 e. The van der Waals surface area contributed by atoms with Crippen molar-refractivity contribution in [3.63, 3.8) is 0 Å². The summed E-state index contributed by atoms with van der Waals surface area (Å²) >= 11 is 0. The molecule has 2 heterocycles. The van der Waals surface area contributed by atoms with E-state index in [1.54, 1.807) is 0 Å². The summed E-state index contributed by atoms with van der Waals surface area (Å²) < 4.78 is 154. The normalized spacial score (nSPS) is 11.4. The van der Waals surface area contributed by atoms with Gasteiger partial charge in [-0.1, -0.05) is 66.4 Å². The molecule has 0 spiro atoms. The average molecular weight is 1010 g/mol. The summed E-state index contributed by atoms with van der Waals surface area (Å²) in [5.74, 6) is 0. The third kappa shape index (κ3) is 11.5. The molecular formula is C27H13F12Ir2N2O2+3. The Bertz CT molecular complexity index is 1380. The van der Waals surface area contributed by atoms with Crippen LogP contribution >= 0.6 is 0 Å². The average Bonchev–Trinajstić information content (AvgIpc) is 2.92. The molecule has 0 radical (unpaired) electrons. The van der Waals surface area contributed by atoms with Gasteiger partial charge in [0.15, 0.2) is 0 Å². The molecule has 2 aromatic carbocycles. The van der Waals surface area contributed by atoms with Crippen LogP contribution in [0, 0.1) is 12.4 Å². The van der Waals surface area contributed by atoms with Crippen molar-refractivity contribution in [3.05, 3.63) is 108 Å². The van der Waals surface area contributed by atoms with Gasteiger partial charge in [-0.25, -0.2) is 0 Å². The van der Waals surface area contributed by atoms with Crippen molar-refractivity contribution in [2.24, 2.45) is 0 Å². The predicted molar refractivity (Wildman–Crippen MR) is 125 cm³/mol. The van der Waals surface area contributed by atoms with E-state index in [9.17, 15) is 52.7 Å². The SMILES string of the molecule is FC(F)(F)c1cccc(-c2[c-]nccc2)c1C(F)(F)F.FC(F)(F)c1cccc(-c2[c-]nccc2)c1C(F)(F)F.O=[C-]O.[Ir+3].[Ir+3]. The zero-order chi connectivity index (χ0) is 32.6. The van der Waals surface area contributed by atoms with Crippen molar-refractivity contribution in [2.45, 2.75) is 24.7 Å². The first-order chi connectivity index (χ1) is 19.8. The Balaban J connectivity index is 0.000000760. The second-order valence-corrected chi connectivity index (χ2v) is 7.86. The first-order valence-electron chi connectivity index (χ1n) is 11.1. The maximum atomic E-state index is 13.0. The molecule has 0 aliphatic rings. The molecule has 0 aliphatic carbocycles. The van der Waals surface area contributed by atoms with Crippen LogP contribution < -0.4 is 0 Å². The number of nitrogens with zero attached hydrogens (tertiary/aromatic N) is 2. The minimum atomic E-state index is -5.13. The molecule has 0 unspecified atom stereocenters. The molecule has 0 aliphatic heterocycles. The Morgan fingerprint density at radius 1 is 0.533 bits per heavy atom. The number of hydrogen-bond acceptors (Lipinski definition) is 3. The molecule has 2 aromatic heterocycles. The van der Waals surface area contributed by atoms with Gasteiger partial charge in [0.1, 0.15) is 0 Å². The third-order valence-electron chi connectivity index (χ3n) is 5.10. The van der Waals surface area contributed by atoms with Gasteiger partial charge >= 0.3 is 64.9 Å². The molecule has 0 fully saturated rings. The molecule has 242 valence electrons. The fourth-order valence-electron chi connectivity index (χ4n) is 3.59. The quantitative estimate of drug-likeness (QED) is 0.161. The van der Waals surface area contributed by atoms with Crippen LogP contribution in [-0.4, -0.2) is 21.5 Å². The molecule has 45 heavy (non-hydrogen) atoms. The van der Waals surface area contributed by atoms with Crippen molar-refractivity contribution in [1.29, 1.82) is 0 Å². The Hall–Kier alpha value is -3.33. The van der Waals surface area contributed by atoms with E-state index in [1.807, 2.05) is 0 Å². The summed E-state index contributed by atoms with van der Waals surface area (Å²) in [7, 11) is 0. The molecule has 0 atom stereocenters. The van der Waals surface area contributed by atoms with E-state index in [1.165, 1.54) is 36.7 Å². The van der Waals surface area contributed by atoms with E-state index in [2.05, 4.69) is 22.4 Å². The molecule has 4 nitrogen and oxygen atoms in total. The van der Waals surface area contributed by atoms with Gasteiger partial charge in [0.25, 0.3) is 0 Å². The molecule has 1 N–H and O–H groups in total. The van der Waals surface area contributed by atoms with E-state index in [4.69, 9.17) is 9.90 Å². The van der Waals surface area contributed by atoms with Crippen LogP contribution in [0.15, 0.2) is 73.1 Å². The Kier molecular flexibility index (Phi) is 15.6. The van der Waals surface area contributed by atoms with Crippen LogP contribution in [0.5, 0.6) is 0 Å². The van der Waals surface area contributed by atoms with Gasteiger partial charge in [0, 0.05) is 11.1 Å². The largest absolute Gasteiger partial charge is 3.00 e. The molecule has 0 amide bonds. The van der Waals surface area contributed by atoms with Gasteiger partial charge in [-0.05, 0) is 12.4 Å². The van der Waals surface area contributed by atoms with Crippen LogP contribution in [0.2, 0.25) is 0 Å². The summed E-state index contributed by atoms with van der Waals surface area (Å²) in [4.78, 5) is 15.2. The van der Waals surface area contributed by atoms with Crippen LogP contribution in [0.1, 0.15) is 22.3 Å². The van der Waals surface area contributed by atoms with Gasteiger partial charge < -0.3 is 19.9 Å². The van der Waals surface area contributed by atoms with Crippen molar-refractivity contribution < 1.29 is 103 Å². The van der Waals surface area contributed by atoms with Crippen molar-refractivity contribution in [2.75, 3.05) is 0 Å². The van der Waals surface area contributed by atoms with Crippen LogP contribution in [0.4, 0.5) is 52.7 Å².